The first-order chi connectivity index (χ1) is 17.9. The number of rotatable bonds is 7. The molecule has 1 aliphatic heterocycles. The molecule has 0 fully saturated rings. The van der Waals surface area contributed by atoms with Crippen LogP contribution in [-0.2, 0) is 9.59 Å². The molecule has 3 N–H and O–H groups in total. The largest absolute Gasteiger partial charge is 0.353 e. The van der Waals surface area contributed by atoms with E-state index in [-0.39, 0.29) is 23.1 Å². The maximum Gasteiger partial charge on any atom is 0.254 e. The van der Waals surface area contributed by atoms with Gasteiger partial charge in [0.15, 0.2) is 0 Å². The zero-order chi connectivity index (χ0) is 26.4. The number of allylic oxidation sites excluding steroid dienone is 2. The highest BCUT2D eigenvalue weighted by Crippen LogP contribution is 2.43. The number of thioether (sulfide) groups is 1. The molecule has 0 bridgehead atoms. The highest BCUT2D eigenvalue weighted by Gasteiger charge is 2.35. The number of para-hydroxylation sites is 1. The minimum atomic E-state index is -0.752. The Kier molecular flexibility index (Phi) is 8.29. The first kappa shape index (κ1) is 26.0. The number of hydrogen-bond acceptors (Lipinski definition) is 5. The van der Waals surface area contributed by atoms with E-state index in [1.165, 1.54) is 18.2 Å². The summed E-state index contributed by atoms with van der Waals surface area (Å²) in [5.41, 5.74) is 2.69. The summed E-state index contributed by atoms with van der Waals surface area (Å²) in [6.07, 6.45) is 0. The van der Waals surface area contributed by atoms with Gasteiger partial charge in [0.2, 0.25) is 5.91 Å². The molecule has 1 heterocycles. The Balaban J connectivity index is 1.64. The third-order valence-corrected chi connectivity index (χ3v) is 6.96. The van der Waals surface area contributed by atoms with Crippen LogP contribution in [0.3, 0.4) is 0 Å². The molecule has 1 aliphatic rings. The van der Waals surface area contributed by atoms with Gasteiger partial charge in [-0.3, -0.25) is 9.59 Å². The van der Waals surface area contributed by atoms with Gasteiger partial charge in [0, 0.05) is 27.7 Å². The van der Waals surface area contributed by atoms with E-state index in [1.807, 2.05) is 18.2 Å². The molecule has 3 aromatic rings. The zero-order valence-electron chi connectivity index (χ0n) is 19.7. The third-order valence-electron chi connectivity index (χ3n) is 5.60. The molecule has 2 amide bonds. The van der Waals surface area contributed by atoms with Crippen molar-refractivity contribution in [1.82, 2.24) is 5.32 Å². The van der Waals surface area contributed by atoms with Crippen molar-refractivity contribution in [3.8, 4) is 6.07 Å². The second kappa shape index (κ2) is 11.8. The van der Waals surface area contributed by atoms with E-state index < -0.39 is 11.7 Å². The second-order valence-electron chi connectivity index (χ2n) is 8.14. The highest BCUT2D eigenvalue weighted by molar-refractivity contribution is 8.03. The van der Waals surface area contributed by atoms with Crippen molar-refractivity contribution in [2.24, 2.45) is 0 Å². The van der Waals surface area contributed by atoms with Crippen molar-refractivity contribution in [2.45, 2.75) is 12.8 Å². The van der Waals surface area contributed by atoms with Gasteiger partial charge in [-0.15, -0.1) is 0 Å². The van der Waals surface area contributed by atoms with Crippen LogP contribution in [0.15, 0.2) is 101 Å². The maximum absolute atomic E-state index is 13.5. The molecule has 0 spiro atoms. The van der Waals surface area contributed by atoms with Crippen LogP contribution in [0, 0.1) is 17.1 Å². The van der Waals surface area contributed by atoms with Gasteiger partial charge < -0.3 is 16.0 Å². The topological polar surface area (TPSA) is 94.0 Å². The molecule has 0 saturated heterocycles. The summed E-state index contributed by atoms with van der Waals surface area (Å²) < 4.78 is 13.5. The minimum Gasteiger partial charge on any atom is -0.353 e. The first-order valence-electron chi connectivity index (χ1n) is 11.3. The number of carbonyl (C=O) groups is 2. The highest BCUT2D eigenvalue weighted by atomic mass is 35.5. The summed E-state index contributed by atoms with van der Waals surface area (Å²) in [6, 6.07) is 23.9. The first-order valence-corrected chi connectivity index (χ1v) is 12.6. The Labute approximate surface area is 223 Å². The van der Waals surface area contributed by atoms with Crippen LogP contribution in [0.2, 0.25) is 5.02 Å². The Morgan fingerprint density at radius 1 is 1.03 bits per heavy atom. The maximum atomic E-state index is 13.5. The lowest BCUT2D eigenvalue weighted by Crippen LogP contribution is -2.31. The molecule has 9 heteroatoms. The lowest BCUT2D eigenvalue weighted by Gasteiger charge is -2.30. The van der Waals surface area contributed by atoms with E-state index in [0.29, 0.717) is 38.3 Å². The van der Waals surface area contributed by atoms with Crippen molar-refractivity contribution in [3.05, 3.63) is 117 Å². The molecule has 186 valence electrons. The van der Waals surface area contributed by atoms with E-state index in [0.717, 1.165) is 11.8 Å². The fraction of sp³-hybridized carbons (Fsp3) is 0.107. The SMILES string of the molecule is CC1=C(C(=O)Nc2ccccc2)[C@@H](c2ccccc2Cl)C(C#N)=C(SCC(=O)Nc2cccc(F)c2)N1. The minimum absolute atomic E-state index is 0.0436. The number of dihydropyridines is 1. The molecule has 4 rings (SSSR count). The van der Waals surface area contributed by atoms with Crippen LogP contribution in [0.25, 0.3) is 0 Å². The van der Waals surface area contributed by atoms with Gasteiger partial charge in [0.25, 0.3) is 5.91 Å². The van der Waals surface area contributed by atoms with E-state index in [4.69, 9.17) is 11.6 Å². The average Bonchev–Trinajstić information content (AvgIpc) is 2.88. The fourth-order valence-corrected chi connectivity index (χ4v) is 5.11. The van der Waals surface area contributed by atoms with Gasteiger partial charge in [-0.05, 0) is 48.9 Å². The van der Waals surface area contributed by atoms with Crippen molar-refractivity contribution < 1.29 is 14.0 Å². The number of nitrogens with one attached hydrogen (secondary N) is 3. The number of nitrogens with zero attached hydrogens (tertiary/aromatic N) is 1. The number of nitriles is 1. The molecular weight excluding hydrogens is 511 g/mol. The molecule has 0 saturated carbocycles. The van der Waals surface area contributed by atoms with E-state index in [1.54, 1.807) is 49.4 Å². The number of benzene rings is 3. The van der Waals surface area contributed by atoms with Gasteiger partial charge >= 0.3 is 0 Å². The summed E-state index contributed by atoms with van der Waals surface area (Å²) in [7, 11) is 0. The number of halogens is 2. The lowest BCUT2D eigenvalue weighted by molar-refractivity contribution is -0.114. The molecule has 0 aliphatic carbocycles. The van der Waals surface area contributed by atoms with Crippen molar-refractivity contribution in [2.75, 3.05) is 16.4 Å². The molecule has 0 radical (unpaired) electrons. The zero-order valence-corrected chi connectivity index (χ0v) is 21.3. The van der Waals surface area contributed by atoms with Crippen molar-refractivity contribution in [1.29, 1.82) is 5.26 Å². The summed E-state index contributed by atoms with van der Waals surface area (Å²) in [4.78, 5) is 26.0. The quantitative estimate of drug-likeness (QED) is 0.337. The monoisotopic (exact) mass is 532 g/mol. The lowest BCUT2D eigenvalue weighted by atomic mass is 9.82. The number of amides is 2. The number of carbonyl (C=O) groups excluding carboxylic acids is 2. The van der Waals surface area contributed by atoms with Crippen LogP contribution in [-0.4, -0.2) is 17.6 Å². The van der Waals surface area contributed by atoms with Crippen molar-refractivity contribution >= 4 is 46.6 Å². The Morgan fingerprint density at radius 2 is 1.73 bits per heavy atom. The average molecular weight is 533 g/mol. The molecule has 3 aromatic carbocycles. The molecule has 0 aromatic heterocycles. The van der Waals surface area contributed by atoms with E-state index in [2.05, 4.69) is 22.0 Å². The van der Waals surface area contributed by atoms with Crippen LogP contribution in [0.5, 0.6) is 0 Å². The normalized spacial score (nSPS) is 15.0. The van der Waals surface area contributed by atoms with E-state index in [9.17, 15) is 19.2 Å². The van der Waals surface area contributed by atoms with Crippen LogP contribution >= 0.6 is 23.4 Å². The Hall–Kier alpha value is -4.06. The van der Waals surface area contributed by atoms with Gasteiger partial charge in [-0.2, -0.15) is 5.26 Å². The number of hydrogen-bond donors (Lipinski definition) is 3. The van der Waals surface area contributed by atoms with Gasteiger partial charge in [0.05, 0.1) is 28.3 Å². The fourth-order valence-electron chi connectivity index (χ4n) is 3.97. The number of anilines is 2. The van der Waals surface area contributed by atoms with Crippen LogP contribution < -0.4 is 16.0 Å². The Morgan fingerprint density at radius 3 is 2.43 bits per heavy atom. The van der Waals surface area contributed by atoms with Crippen LogP contribution in [0.4, 0.5) is 15.8 Å². The third kappa shape index (κ3) is 6.20. The second-order valence-corrected chi connectivity index (χ2v) is 9.53. The Bertz CT molecular complexity index is 1450. The van der Waals surface area contributed by atoms with Gasteiger partial charge in [-0.1, -0.05) is 65.8 Å². The predicted octanol–water partition coefficient (Wildman–Crippen LogP) is 6.19. The molecular formula is C28H22ClFN4O2S. The standard InChI is InChI=1S/C28H22ClFN4O2S/c1-17-25(27(36)34-19-9-3-2-4-10-19)26(21-12-5-6-13-23(21)29)22(15-31)28(32-17)37-16-24(35)33-20-11-7-8-18(30)14-20/h2-14,26,32H,16H2,1H3,(H,33,35)(H,34,36)/t26-/m0/s1. The predicted molar refractivity (Wildman–Crippen MR) is 145 cm³/mol. The summed E-state index contributed by atoms with van der Waals surface area (Å²) >= 11 is 7.65. The molecule has 1 atom stereocenters. The molecule has 6 nitrogen and oxygen atoms in total. The van der Waals surface area contributed by atoms with Gasteiger partial charge in [0.1, 0.15) is 5.82 Å². The smallest absolute Gasteiger partial charge is 0.254 e. The molecule has 37 heavy (non-hydrogen) atoms. The van der Waals surface area contributed by atoms with Gasteiger partial charge in [-0.25, -0.2) is 4.39 Å². The van der Waals surface area contributed by atoms with Crippen molar-refractivity contribution in [3.63, 3.8) is 0 Å². The summed E-state index contributed by atoms with van der Waals surface area (Å²) in [5.74, 6) is -2.00. The summed E-state index contributed by atoms with van der Waals surface area (Å²) in [5, 5.41) is 19.7. The van der Waals surface area contributed by atoms with Crippen LogP contribution in [0.1, 0.15) is 18.4 Å². The van der Waals surface area contributed by atoms with E-state index >= 15 is 0 Å². The summed E-state index contributed by atoms with van der Waals surface area (Å²) in [6.45, 7) is 1.74. The molecule has 0 unspecified atom stereocenters.